The highest BCUT2D eigenvalue weighted by Crippen LogP contribution is 2.28. The lowest BCUT2D eigenvalue weighted by molar-refractivity contribution is 0.0994. The number of likely N-dealkylation sites (tertiary alicyclic amines) is 2. The fourth-order valence-corrected chi connectivity index (χ4v) is 4.82. The molecule has 3 heterocycles. The maximum absolute atomic E-state index is 4.71. The van der Waals surface area contributed by atoms with Gasteiger partial charge in [0, 0.05) is 25.2 Å². The Kier molecular flexibility index (Phi) is 4.51. The number of thiazole rings is 1. The average molecular weight is 331 g/mol. The molecule has 1 N–H and O–H groups in total. The molecule has 0 atom stereocenters. The number of nitrogens with zero attached hydrogens (tertiary/aromatic N) is 3. The molecule has 0 aliphatic carbocycles. The molecule has 1 aromatic carbocycles. The molecular formula is C18H26N4S. The fourth-order valence-electron chi connectivity index (χ4n) is 3.88. The molecule has 124 valence electrons. The Bertz CT molecular complexity index is 606. The number of hydrogen-bond acceptors (Lipinski definition) is 5. The number of piperidine rings is 2. The standard InChI is InChI=1S/C18H26N4S/c1-21-10-8-15(9-11-21)22-12-6-14(7-13-22)19-18-20-16-4-2-3-5-17(16)23-18/h2-5,14-15H,6-13H2,1H3,(H,19,20). The second kappa shape index (κ2) is 6.75. The molecule has 0 bridgehead atoms. The van der Waals surface area contributed by atoms with Crippen LogP contribution in [0.25, 0.3) is 10.2 Å². The van der Waals surface area contributed by atoms with E-state index in [9.17, 15) is 0 Å². The molecule has 2 aromatic rings. The molecule has 5 heteroatoms. The Balaban J connectivity index is 1.31. The highest BCUT2D eigenvalue weighted by molar-refractivity contribution is 7.22. The van der Waals surface area contributed by atoms with E-state index in [-0.39, 0.29) is 0 Å². The van der Waals surface area contributed by atoms with Crippen molar-refractivity contribution >= 4 is 26.7 Å². The van der Waals surface area contributed by atoms with Gasteiger partial charge < -0.3 is 15.1 Å². The zero-order valence-electron chi connectivity index (χ0n) is 13.9. The first kappa shape index (κ1) is 15.4. The number of fused-ring (bicyclic) bond motifs is 1. The normalized spacial score (nSPS) is 22.7. The zero-order valence-corrected chi connectivity index (χ0v) is 14.7. The SMILES string of the molecule is CN1CCC(N2CCC(Nc3nc4ccccc4s3)CC2)CC1. The molecular weight excluding hydrogens is 304 g/mol. The molecule has 0 unspecified atom stereocenters. The monoisotopic (exact) mass is 330 g/mol. The molecule has 0 saturated carbocycles. The van der Waals surface area contributed by atoms with Crippen LogP contribution in [0, 0.1) is 0 Å². The quantitative estimate of drug-likeness (QED) is 0.936. The molecule has 0 spiro atoms. The summed E-state index contributed by atoms with van der Waals surface area (Å²) in [5.74, 6) is 0. The van der Waals surface area contributed by atoms with E-state index in [1.165, 1.54) is 56.6 Å². The van der Waals surface area contributed by atoms with Crippen LogP contribution in [0.15, 0.2) is 24.3 Å². The Labute approximate surface area is 142 Å². The van der Waals surface area contributed by atoms with Gasteiger partial charge in [0.15, 0.2) is 5.13 Å². The van der Waals surface area contributed by atoms with E-state index in [0.717, 1.165) is 16.7 Å². The third kappa shape index (κ3) is 3.52. The molecule has 4 rings (SSSR count). The zero-order chi connectivity index (χ0) is 15.6. The first-order valence-electron chi connectivity index (χ1n) is 8.82. The molecule has 2 saturated heterocycles. The minimum absolute atomic E-state index is 0.582. The summed E-state index contributed by atoms with van der Waals surface area (Å²) < 4.78 is 1.28. The highest BCUT2D eigenvalue weighted by atomic mass is 32.1. The van der Waals surface area contributed by atoms with E-state index in [4.69, 9.17) is 4.98 Å². The van der Waals surface area contributed by atoms with Crippen LogP contribution >= 0.6 is 11.3 Å². The van der Waals surface area contributed by atoms with Crippen LogP contribution in [0.5, 0.6) is 0 Å². The number of rotatable bonds is 3. The second-order valence-electron chi connectivity index (χ2n) is 6.98. The van der Waals surface area contributed by atoms with Gasteiger partial charge in [0.05, 0.1) is 10.2 Å². The Morgan fingerprint density at radius 1 is 1.04 bits per heavy atom. The van der Waals surface area contributed by atoms with Gasteiger partial charge >= 0.3 is 0 Å². The summed E-state index contributed by atoms with van der Waals surface area (Å²) in [5.41, 5.74) is 1.11. The van der Waals surface area contributed by atoms with E-state index in [2.05, 4.69) is 46.4 Å². The maximum Gasteiger partial charge on any atom is 0.184 e. The van der Waals surface area contributed by atoms with Gasteiger partial charge in [0.25, 0.3) is 0 Å². The van der Waals surface area contributed by atoms with Gasteiger partial charge in [-0.15, -0.1) is 0 Å². The van der Waals surface area contributed by atoms with Crippen LogP contribution < -0.4 is 5.32 Å². The van der Waals surface area contributed by atoms with Crippen molar-refractivity contribution in [2.45, 2.75) is 37.8 Å². The molecule has 2 aliphatic heterocycles. The van der Waals surface area contributed by atoms with Crippen molar-refractivity contribution in [3.8, 4) is 0 Å². The molecule has 2 aliphatic rings. The average Bonchev–Trinajstić information content (AvgIpc) is 2.98. The van der Waals surface area contributed by atoms with Crippen molar-refractivity contribution in [1.29, 1.82) is 0 Å². The van der Waals surface area contributed by atoms with Crippen molar-refractivity contribution in [3.05, 3.63) is 24.3 Å². The Morgan fingerprint density at radius 3 is 2.52 bits per heavy atom. The number of hydrogen-bond donors (Lipinski definition) is 1. The highest BCUT2D eigenvalue weighted by Gasteiger charge is 2.27. The summed E-state index contributed by atoms with van der Waals surface area (Å²) in [6.07, 6.45) is 5.16. The second-order valence-corrected chi connectivity index (χ2v) is 8.01. The predicted molar refractivity (Wildman–Crippen MR) is 98.4 cm³/mol. The van der Waals surface area contributed by atoms with Crippen molar-refractivity contribution < 1.29 is 0 Å². The van der Waals surface area contributed by atoms with Crippen LogP contribution in [-0.2, 0) is 0 Å². The summed E-state index contributed by atoms with van der Waals surface area (Å²) in [7, 11) is 2.24. The first-order valence-corrected chi connectivity index (χ1v) is 9.64. The van der Waals surface area contributed by atoms with E-state index in [1.807, 2.05) is 0 Å². The van der Waals surface area contributed by atoms with Gasteiger partial charge in [-0.2, -0.15) is 0 Å². The molecule has 23 heavy (non-hydrogen) atoms. The van der Waals surface area contributed by atoms with Crippen LogP contribution in [0.4, 0.5) is 5.13 Å². The van der Waals surface area contributed by atoms with Crippen molar-refractivity contribution in [1.82, 2.24) is 14.8 Å². The number of benzene rings is 1. The minimum atomic E-state index is 0.582. The van der Waals surface area contributed by atoms with Crippen LogP contribution in [0.2, 0.25) is 0 Å². The van der Waals surface area contributed by atoms with Crippen molar-refractivity contribution in [2.24, 2.45) is 0 Å². The van der Waals surface area contributed by atoms with E-state index < -0.39 is 0 Å². The molecule has 4 nitrogen and oxygen atoms in total. The third-order valence-corrected chi connectivity index (χ3v) is 6.32. The molecule has 0 amide bonds. The summed E-state index contributed by atoms with van der Waals surface area (Å²) in [5, 5.41) is 4.76. The van der Waals surface area contributed by atoms with Gasteiger partial charge in [-0.05, 0) is 58.0 Å². The van der Waals surface area contributed by atoms with Crippen molar-refractivity contribution in [3.63, 3.8) is 0 Å². The lowest BCUT2D eigenvalue weighted by atomic mass is 9.98. The fraction of sp³-hybridized carbons (Fsp3) is 0.611. The van der Waals surface area contributed by atoms with Gasteiger partial charge in [-0.25, -0.2) is 4.98 Å². The Morgan fingerprint density at radius 2 is 1.78 bits per heavy atom. The van der Waals surface area contributed by atoms with Gasteiger partial charge in [0.1, 0.15) is 0 Å². The summed E-state index contributed by atoms with van der Waals surface area (Å²) in [6.45, 7) is 4.98. The van der Waals surface area contributed by atoms with Crippen molar-refractivity contribution in [2.75, 3.05) is 38.5 Å². The minimum Gasteiger partial charge on any atom is -0.359 e. The molecule has 1 aromatic heterocycles. The number of para-hydroxylation sites is 1. The van der Waals surface area contributed by atoms with Crippen LogP contribution in [0.1, 0.15) is 25.7 Å². The van der Waals surface area contributed by atoms with Crippen LogP contribution in [0.3, 0.4) is 0 Å². The maximum atomic E-state index is 4.71. The Hall–Kier alpha value is -1.17. The largest absolute Gasteiger partial charge is 0.359 e. The lowest BCUT2D eigenvalue weighted by Gasteiger charge is -2.41. The van der Waals surface area contributed by atoms with Gasteiger partial charge in [-0.1, -0.05) is 23.5 Å². The lowest BCUT2D eigenvalue weighted by Crippen LogP contribution is -2.48. The number of anilines is 1. The first-order chi connectivity index (χ1) is 11.3. The summed E-state index contributed by atoms with van der Waals surface area (Å²) in [6, 6.07) is 9.80. The van der Waals surface area contributed by atoms with E-state index in [1.54, 1.807) is 11.3 Å². The molecule has 0 radical (unpaired) electrons. The predicted octanol–water partition coefficient (Wildman–Crippen LogP) is 3.27. The third-order valence-electron chi connectivity index (χ3n) is 5.36. The summed E-state index contributed by atoms with van der Waals surface area (Å²) >= 11 is 1.78. The number of nitrogens with one attached hydrogen (secondary N) is 1. The number of aromatic nitrogens is 1. The van der Waals surface area contributed by atoms with Crippen LogP contribution in [-0.4, -0.2) is 60.1 Å². The topological polar surface area (TPSA) is 31.4 Å². The van der Waals surface area contributed by atoms with E-state index >= 15 is 0 Å². The van der Waals surface area contributed by atoms with Gasteiger partial charge in [0.2, 0.25) is 0 Å². The summed E-state index contributed by atoms with van der Waals surface area (Å²) in [4.78, 5) is 9.89. The smallest absolute Gasteiger partial charge is 0.184 e. The van der Waals surface area contributed by atoms with Gasteiger partial charge in [-0.3, -0.25) is 0 Å². The molecule has 2 fully saturated rings. The van der Waals surface area contributed by atoms with E-state index in [0.29, 0.717) is 6.04 Å².